The third-order valence-corrected chi connectivity index (χ3v) is 3.49. The van der Waals surface area contributed by atoms with Crippen LogP contribution in [0.15, 0.2) is 0 Å². The van der Waals surface area contributed by atoms with Crippen LogP contribution in [0.3, 0.4) is 0 Å². The van der Waals surface area contributed by atoms with Crippen LogP contribution < -0.4 is 0 Å². The van der Waals surface area contributed by atoms with E-state index in [9.17, 15) is 0 Å². The van der Waals surface area contributed by atoms with E-state index >= 15 is 0 Å². The Balaban J connectivity index is -0.000000000495. The lowest BCUT2D eigenvalue weighted by molar-refractivity contribution is 0.949. The first kappa shape index (κ1) is 662. The molecule has 1 aliphatic heterocycles. The minimum absolute atomic E-state index is 0. The molecule has 0 amide bonds. The largest absolute Gasteiger partial charge is 0.110 e. The van der Waals surface area contributed by atoms with E-state index in [4.69, 9.17) is 0 Å². The predicted octanol–water partition coefficient (Wildman–Crippen LogP) is -31.3. The van der Waals surface area contributed by atoms with Gasteiger partial charge in [-0.25, -0.2) is 0 Å². The van der Waals surface area contributed by atoms with Gasteiger partial charge < -0.3 is 0 Å². The maximum atomic E-state index is 2.41. The van der Waals surface area contributed by atoms with E-state index < -0.39 is 0 Å². The van der Waals surface area contributed by atoms with Crippen LogP contribution in [0.5, 0.6) is 0 Å². The van der Waals surface area contributed by atoms with Crippen LogP contribution in [0.25, 0.3) is 0 Å². The third-order valence-electron chi connectivity index (χ3n) is 1.33. The summed E-state index contributed by atoms with van der Waals surface area (Å²) in [5, 5.41) is 0. The van der Waals surface area contributed by atoms with Crippen LogP contribution in [-0.4, -0.2) is 255 Å². The van der Waals surface area contributed by atoms with Crippen molar-refractivity contribution >= 4 is 243 Å². The normalized spacial score (nSPS) is 4.50. The van der Waals surface area contributed by atoms with E-state index in [1.54, 1.807) is 12.3 Å². The van der Waals surface area contributed by atoms with Gasteiger partial charge in [0.05, 0.1) is 236 Å². The molecule has 1 rings (SSSR count). The van der Waals surface area contributed by atoms with Crippen LogP contribution in [-0.2, 0) is 0 Å². The van der Waals surface area contributed by atoms with Crippen molar-refractivity contribution in [2.75, 3.05) is 19.0 Å². The average Bonchev–Trinajstić information content (AvgIpc) is 1.86. The summed E-state index contributed by atoms with van der Waals surface area (Å²) in [5.41, 5.74) is 0. The van der Waals surface area contributed by atoms with Crippen molar-refractivity contribution in [3.05, 3.63) is 0 Å². The highest BCUT2D eigenvalue weighted by molar-refractivity contribution is 7.57. The number of hydrogen-bond acceptors (Lipinski definition) is 0. The average molecular weight is 490 g/mol. The van der Waals surface area contributed by atoms with Crippen LogP contribution in [0.2, 0.25) is 0 Å². The van der Waals surface area contributed by atoms with Crippen molar-refractivity contribution < 1.29 is 0 Å². The molecule has 0 N–H and O–H groups in total. The van der Waals surface area contributed by atoms with Gasteiger partial charge in [0.15, 0.2) is 0 Å². The Morgan fingerprint density at radius 1 is 0.235 bits per heavy atom. The van der Waals surface area contributed by atoms with Gasteiger partial charge in [0.2, 0.25) is 0 Å². The third kappa shape index (κ3) is 443. The molecule has 1 aliphatic rings. The summed E-state index contributed by atoms with van der Waals surface area (Å²) in [5.74, 6) is 0. The first-order chi connectivity index (χ1) is 2.89. The van der Waals surface area contributed by atoms with Gasteiger partial charge in [0.25, 0.3) is 0 Å². The maximum absolute atomic E-state index is 2.41. The van der Waals surface area contributed by atoms with E-state index in [2.05, 4.69) is 6.66 Å². The minimum atomic E-state index is 0. The quantitative estimate of drug-likeness (QED) is 0.234. The molecule has 0 saturated carbocycles. The molecule has 1 fully saturated rings. The summed E-state index contributed by atoms with van der Waals surface area (Å²) in [6.45, 7) is 2.41. The lowest BCUT2D eigenvalue weighted by atomic mass is 10.4. The molecule has 0 radical (unpaired) electrons. The topological polar surface area (TPSA) is 0 Å². The summed E-state index contributed by atoms with van der Waals surface area (Å²) in [7, 11) is 0.535. The van der Waals surface area contributed by atoms with Crippen molar-refractivity contribution in [3.63, 3.8) is 0 Å². The smallest absolute Gasteiger partial charge is 0.0814 e. The Bertz CT molecular complexity index is 60.1. The van der Waals surface area contributed by atoms with Gasteiger partial charge in [-0.15, -0.1) is 7.92 Å². The van der Waals surface area contributed by atoms with E-state index in [-0.39, 0.29) is 236 Å². The van der Waals surface area contributed by atoms with Gasteiger partial charge in [0.1, 0.15) is 0 Å². The molecule has 0 aromatic carbocycles. The fourth-order valence-corrected chi connectivity index (χ4v) is 2.63. The van der Waals surface area contributed by atoms with Crippen molar-refractivity contribution in [1.82, 2.24) is 0 Å². The van der Waals surface area contributed by atoms with Crippen LogP contribution in [0.4, 0.5) is 0 Å². The molecular weight excluding hydrogens is 394 g/mol. The summed E-state index contributed by atoms with van der Waals surface area (Å²) < 4.78 is 0. The van der Waals surface area contributed by atoms with Gasteiger partial charge >= 0.3 is 0 Å². The van der Waals surface area contributed by atoms with Gasteiger partial charge in [-0.3, -0.25) is 0 Å². The summed E-state index contributed by atoms with van der Waals surface area (Å²) in [4.78, 5) is 0. The summed E-state index contributed by atoms with van der Waals surface area (Å²) >= 11 is 0. The second-order valence-electron chi connectivity index (χ2n) is 2.01. The minimum Gasteiger partial charge on any atom is -0.110 e. The molecule has 0 aromatic rings. The van der Waals surface area contributed by atoms with Crippen molar-refractivity contribution in [2.24, 2.45) is 0 Å². The molecule has 0 atom stereocenters. The Hall–Kier alpha value is 2.25. The summed E-state index contributed by atoms with van der Waals surface area (Å²) in [6.07, 6.45) is 6.13. The second-order valence-corrected chi connectivity index (χ2v) is 4.62. The Morgan fingerprint density at radius 2 is 0.324 bits per heavy atom. The molecule has 1 saturated heterocycles. The molecule has 0 spiro atoms. The first-order valence-corrected chi connectivity index (χ1v) is 4.74. The van der Waals surface area contributed by atoms with Crippen molar-refractivity contribution in [1.29, 1.82) is 0 Å². The van der Waals surface area contributed by atoms with E-state index in [1.165, 1.54) is 12.8 Å². The molecule has 204 valence electrons. The van der Waals surface area contributed by atoms with E-state index in [1.807, 2.05) is 0 Å². The Kier molecular flexibility index (Phi) is 9410. The van der Waals surface area contributed by atoms with Crippen molar-refractivity contribution in [2.45, 2.75) is 12.8 Å². The molecular formula is C5H95B28P. The Morgan fingerprint density at radius 3 is 0.353 bits per heavy atom. The zero-order valence-electron chi connectivity index (χ0n) is 4.28. The molecule has 29 heteroatoms. The fraction of sp³-hybridized carbons (Fsp3) is 1.00. The SMILES string of the molecule is B.B.B.B.B.B.B.B.B.B.B.B.B.B.B.B.B.B.B.B.B.B.B.B.B.B.B.B.CP1CCCC1. The van der Waals surface area contributed by atoms with Gasteiger partial charge in [-0.05, 0) is 31.8 Å². The van der Waals surface area contributed by atoms with Gasteiger partial charge in [-0.2, -0.15) is 0 Å². The fourth-order valence-electron chi connectivity index (χ4n) is 0.875. The predicted molar refractivity (Wildman–Crippen MR) is 310 cm³/mol. The van der Waals surface area contributed by atoms with Crippen LogP contribution in [0.1, 0.15) is 12.8 Å². The highest BCUT2D eigenvalue weighted by Crippen LogP contribution is 2.38. The second kappa shape index (κ2) is 483. The Labute approximate surface area is 274 Å². The number of rotatable bonds is 0. The van der Waals surface area contributed by atoms with Crippen LogP contribution >= 0.6 is 7.92 Å². The van der Waals surface area contributed by atoms with Gasteiger partial charge in [0, 0.05) is 0 Å². The highest BCUT2D eigenvalue weighted by atomic mass is 31.1. The highest BCUT2D eigenvalue weighted by Gasteiger charge is 2.06. The molecule has 0 unspecified atom stereocenters. The molecule has 0 nitrogen and oxygen atoms in total. The molecule has 0 aromatic heterocycles. The lowest BCUT2D eigenvalue weighted by Crippen LogP contribution is -1.65. The zero-order valence-corrected chi connectivity index (χ0v) is 5.17. The van der Waals surface area contributed by atoms with E-state index in [0.29, 0.717) is 7.92 Å². The summed E-state index contributed by atoms with van der Waals surface area (Å²) in [6, 6.07) is 0. The number of hydrogen-bond donors (Lipinski definition) is 0. The first-order valence-electron chi connectivity index (χ1n) is 2.58. The van der Waals surface area contributed by atoms with Gasteiger partial charge in [-0.1, -0.05) is 0 Å². The monoisotopic (exact) mass is 495 g/mol. The standard InChI is InChI=1S/C5H11P.28BH3/c1-6-4-2-3-5-6;;;;;;;;;;;;;;;;;;;;;;;;;;;;/h2-5H2,1H3;28*1H3. The molecule has 0 bridgehead atoms. The maximum Gasteiger partial charge on any atom is 0.0814 e. The van der Waals surface area contributed by atoms with Crippen LogP contribution in [0, 0.1) is 0 Å². The van der Waals surface area contributed by atoms with Crippen molar-refractivity contribution in [3.8, 4) is 0 Å². The molecule has 1 heterocycles. The van der Waals surface area contributed by atoms with E-state index in [0.717, 1.165) is 0 Å². The zero-order chi connectivity index (χ0) is 4.41. The molecule has 0 aliphatic carbocycles. The lowest BCUT2D eigenvalue weighted by Gasteiger charge is -1.93. The molecule has 34 heavy (non-hydrogen) atoms.